The number of thioether (sulfide) groups is 1. The molecule has 0 fully saturated rings. The van der Waals surface area contributed by atoms with Crippen molar-refractivity contribution in [2.75, 3.05) is 13.3 Å². The molecule has 2 rings (SSSR count). The smallest absolute Gasteiger partial charge is 0.306 e. The minimum atomic E-state index is -3.50. The standard InChI is InChI=1S/C9H11NO4S2.C8H9NO/c1-10-9(11)15-8-5-3-7(4-6-8)14-16(2,12)13;9-8(10)6-7-4-2-1-3-5-7/h3-6H,1-2H3,(H,10,11);1-5H,6H2,(H2,9,10). The maximum Gasteiger partial charge on any atom is 0.306 e. The molecule has 7 nitrogen and oxygen atoms in total. The largest absolute Gasteiger partial charge is 0.383 e. The normalized spacial score (nSPS) is 10.2. The van der Waals surface area contributed by atoms with Crippen LogP contribution in [0.4, 0.5) is 4.79 Å². The predicted octanol–water partition coefficient (Wildman–Crippen LogP) is 2.17. The van der Waals surface area contributed by atoms with Gasteiger partial charge in [-0.25, -0.2) is 0 Å². The van der Waals surface area contributed by atoms with Crippen LogP contribution in [0.5, 0.6) is 5.75 Å². The maximum atomic E-state index is 11.0. The topological polar surface area (TPSA) is 116 Å². The zero-order valence-corrected chi connectivity index (χ0v) is 16.0. The summed E-state index contributed by atoms with van der Waals surface area (Å²) in [6, 6.07) is 15.6. The lowest BCUT2D eigenvalue weighted by Crippen LogP contribution is -2.13. The van der Waals surface area contributed by atoms with Gasteiger partial charge in [0, 0.05) is 11.9 Å². The molecule has 0 heterocycles. The molecule has 2 amide bonds. The second-order valence-electron chi connectivity index (χ2n) is 5.03. The summed E-state index contributed by atoms with van der Waals surface area (Å²) >= 11 is 1.02. The van der Waals surface area contributed by atoms with Crippen LogP contribution in [0.15, 0.2) is 59.5 Å². The first-order valence-electron chi connectivity index (χ1n) is 7.41. The molecule has 0 atom stereocenters. The fourth-order valence-corrected chi connectivity index (χ4v) is 2.74. The van der Waals surface area contributed by atoms with Crippen molar-refractivity contribution in [2.24, 2.45) is 5.73 Å². The van der Waals surface area contributed by atoms with E-state index in [1.165, 1.54) is 19.2 Å². The third-order valence-corrected chi connectivity index (χ3v) is 4.10. The lowest BCUT2D eigenvalue weighted by atomic mass is 10.1. The highest BCUT2D eigenvalue weighted by Crippen LogP contribution is 2.22. The summed E-state index contributed by atoms with van der Waals surface area (Å²) in [6.07, 6.45) is 1.31. The van der Waals surface area contributed by atoms with E-state index in [1.54, 1.807) is 12.1 Å². The molecule has 0 saturated carbocycles. The second-order valence-corrected chi connectivity index (χ2v) is 7.65. The summed E-state index contributed by atoms with van der Waals surface area (Å²) in [4.78, 5) is 22.1. The van der Waals surface area contributed by atoms with Crippen LogP contribution in [-0.2, 0) is 21.3 Å². The Morgan fingerprint density at radius 3 is 2.12 bits per heavy atom. The van der Waals surface area contributed by atoms with E-state index in [9.17, 15) is 18.0 Å². The fourth-order valence-electron chi connectivity index (χ4n) is 1.69. The molecule has 2 aromatic rings. The summed E-state index contributed by atoms with van der Waals surface area (Å²) in [5.74, 6) is -0.0602. The first-order valence-corrected chi connectivity index (χ1v) is 10.0. The van der Waals surface area contributed by atoms with Crippen molar-refractivity contribution in [1.29, 1.82) is 0 Å². The minimum absolute atomic E-state index is 0.184. The Hall–Kier alpha value is -2.52. The predicted molar refractivity (Wildman–Crippen MR) is 102 cm³/mol. The van der Waals surface area contributed by atoms with E-state index in [-0.39, 0.29) is 16.9 Å². The molecule has 3 N–H and O–H groups in total. The second kappa shape index (κ2) is 10.5. The molecule has 26 heavy (non-hydrogen) atoms. The number of rotatable bonds is 5. The number of carbonyl (C=O) groups is 2. The average Bonchev–Trinajstić information content (AvgIpc) is 2.56. The number of nitrogens with one attached hydrogen (secondary N) is 1. The van der Waals surface area contributed by atoms with Crippen LogP contribution in [0.1, 0.15) is 5.56 Å². The van der Waals surface area contributed by atoms with Crippen molar-refractivity contribution >= 4 is 33.0 Å². The highest BCUT2D eigenvalue weighted by molar-refractivity contribution is 8.13. The molecule has 0 aliphatic rings. The van der Waals surface area contributed by atoms with Gasteiger partial charge in [-0.3, -0.25) is 9.59 Å². The summed E-state index contributed by atoms with van der Waals surface area (Å²) in [5.41, 5.74) is 5.95. The van der Waals surface area contributed by atoms with Gasteiger partial charge in [-0.15, -0.1) is 0 Å². The summed E-state index contributed by atoms with van der Waals surface area (Å²) in [6.45, 7) is 0. The summed E-state index contributed by atoms with van der Waals surface area (Å²) in [5, 5.41) is 2.28. The molecule has 0 radical (unpaired) electrons. The van der Waals surface area contributed by atoms with E-state index < -0.39 is 10.1 Å². The minimum Gasteiger partial charge on any atom is -0.383 e. The highest BCUT2D eigenvalue weighted by Gasteiger charge is 2.05. The van der Waals surface area contributed by atoms with Gasteiger partial charge in [-0.05, 0) is 41.6 Å². The van der Waals surface area contributed by atoms with Crippen LogP contribution in [0.2, 0.25) is 0 Å². The quantitative estimate of drug-likeness (QED) is 0.591. The van der Waals surface area contributed by atoms with E-state index in [2.05, 4.69) is 9.50 Å². The van der Waals surface area contributed by atoms with Crippen LogP contribution in [0.25, 0.3) is 0 Å². The molecule has 0 spiro atoms. The Morgan fingerprint density at radius 2 is 1.65 bits per heavy atom. The number of hydrogen-bond acceptors (Lipinski definition) is 6. The molecular formula is C17H20N2O5S2. The maximum absolute atomic E-state index is 11.0. The molecule has 0 bridgehead atoms. The molecule has 0 unspecified atom stereocenters. The van der Waals surface area contributed by atoms with Crippen LogP contribution >= 0.6 is 11.8 Å². The van der Waals surface area contributed by atoms with Crippen LogP contribution < -0.4 is 15.2 Å². The molecule has 0 aromatic heterocycles. The molecule has 9 heteroatoms. The monoisotopic (exact) mass is 396 g/mol. The fraction of sp³-hybridized carbons (Fsp3) is 0.176. The zero-order valence-electron chi connectivity index (χ0n) is 14.3. The Bertz CT molecular complexity index is 822. The third kappa shape index (κ3) is 9.70. The van der Waals surface area contributed by atoms with Crippen molar-refractivity contribution in [1.82, 2.24) is 5.32 Å². The third-order valence-electron chi connectivity index (χ3n) is 2.71. The van der Waals surface area contributed by atoms with Crippen molar-refractivity contribution in [3.8, 4) is 5.75 Å². The Kier molecular flexibility index (Phi) is 8.66. The number of primary amides is 1. The number of benzene rings is 2. The lowest BCUT2D eigenvalue weighted by molar-refractivity contribution is -0.117. The first-order chi connectivity index (χ1) is 12.2. The van der Waals surface area contributed by atoms with E-state index in [0.717, 1.165) is 23.6 Å². The number of amides is 2. The van der Waals surface area contributed by atoms with Gasteiger partial charge in [0.1, 0.15) is 5.75 Å². The molecule has 2 aromatic carbocycles. The van der Waals surface area contributed by atoms with Gasteiger partial charge in [0.25, 0.3) is 5.24 Å². The summed E-state index contributed by atoms with van der Waals surface area (Å²) < 4.78 is 26.3. The van der Waals surface area contributed by atoms with Gasteiger partial charge in [-0.1, -0.05) is 30.3 Å². The molecule has 140 valence electrons. The van der Waals surface area contributed by atoms with Crippen LogP contribution in [0.3, 0.4) is 0 Å². The lowest BCUT2D eigenvalue weighted by Gasteiger charge is -2.03. The van der Waals surface area contributed by atoms with Crippen molar-refractivity contribution in [2.45, 2.75) is 11.3 Å². The average molecular weight is 396 g/mol. The Morgan fingerprint density at radius 1 is 1.08 bits per heavy atom. The number of nitrogens with two attached hydrogens (primary N) is 1. The van der Waals surface area contributed by atoms with Gasteiger partial charge in [-0.2, -0.15) is 8.42 Å². The van der Waals surface area contributed by atoms with Gasteiger partial charge in [0.2, 0.25) is 5.91 Å². The molecule has 0 aliphatic carbocycles. The molecule has 0 aliphatic heterocycles. The van der Waals surface area contributed by atoms with E-state index in [1.807, 2.05) is 30.3 Å². The summed E-state index contributed by atoms with van der Waals surface area (Å²) in [7, 11) is -1.97. The van der Waals surface area contributed by atoms with E-state index in [0.29, 0.717) is 11.3 Å². The van der Waals surface area contributed by atoms with Crippen LogP contribution in [0, 0.1) is 0 Å². The van der Waals surface area contributed by atoms with Crippen molar-refractivity contribution in [3.63, 3.8) is 0 Å². The number of carbonyl (C=O) groups excluding carboxylic acids is 2. The van der Waals surface area contributed by atoms with Gasteiger partial charge >= 0.3 is 10.1 Å². The number of hydrogen-bond donors (Lipinski definition) is 2. The van der Waals surface area contributed by atoms with Gasteiger partial charge in [0.15, 0.2) is 0 Å². The Labute approximate surface area is 157 Å². The highest BCUT2D eigenvalue weighted by atomic mass is 32.2. The van der Waals surface area contributed by atoms with Crippen molar-refractivity contribution in [3.05, 3.63) is 60.2 Å². The van der Waals surface area contributed by atoms with E-state index in [4.69, 9.17) is 5.73 Å². The van der Waals surface area contributed by atoms with E-state index >= 15 is 0 Å². The molecular weight excluding hydrogens is 376 g/mol. The van der Waals surface area contributed by atoms with Crippen molar-refractivity contribution < 1.29 is 22.2 Å². The van der Waals surface area contributed by atoms with Gasteiger partial charge in [0.05, 0.1) is 12.7 Å². The molecule has 0 saturated heterocycles. The zero-order chi connectivity index (χ0) is 19.6. The first kappa shape index (κ1) is 21.5. The van der Waals surface area contributed by atoms with Crippen LogP contribution in [-0.4, -0.2) is 32.9 Å². The SMILES string of the molecule is CNC(=O)Sc1ccc(OS(C)(=O)=O)cc1.NC(=O)Cc1ccccc1. The van der Waals surface area contributed by atoms with Gasteiger partial charge < -0.3 is 15.2 Å². The Balaban J connectivity index is 0.000000289.